The maximum Gasteiger partial charge on any atom is 0.149 e. The van der Waals surface area contributed by atoms with Gasteiger partial charge in [0.25, 0.3) is 0 Å². The lowest BCUT2D eigenvalue weighted by molar-refractivity contribution is -0.125. The molecule has 1 unspecified atom stereocenters. The molecule has 0 radical (unpaired) electrons. The molecule has 2 fully saturated rings. The van der Waals surface area contributed by atoms with Crippen molar-refractivity contribution in [3.63, 3.8) is 0 Å². The molecule has 1 saturated heterocycles. The van der Waals surface area contributed by atoms with Gasteiger partial charge < -0.3 is 0 Å². The summed E-state index contributed by atoms with van der Waals surface area (Å²) in [5, 5.41) is 0. The van der Waals surface area contributed by atoms with E-state index in [1.54, 1.807) is 0 Å². The van der Waals surface area contributed by atoms with E-state index in [1.807, 2.05) is 0 Å². The maximum atomic E-state index is 11.9. The van der Waals surface area contributed by atoms with Crippen LogP contribution in [0.25, 0.3) is 0 Å². The van der Waals surface area contributed by atoms with Gasteiger partial charge in [-0.1, -0.05) is 20.3 Å². The highest BCUT2D eigenvalue weighted by Gasteiger charge is 2.39. The second kappa shape index (κ2) is 4.87. The van der Waals surface area contributed by atoms with Gasteiger partial charge in [0, 0.05) is 13.0 Å². The standard InChI is InChI=1S/C14H25NO/c1-3-14(4-2)9-10-15(11-14)12-7-5-6-8-13(12)16/h12H,3-11H2,1-2H3. The molecule has 1 aliphatic heterocycles. The molecule has 0 bridgehead atoms. The molecule has 1 aliphatic carbocycles. The summed E-state index contributed by atoms with van der Waals surface area (Å²) in [6, 6.07) is 0.272. The Bertz CT molecular complexity index is 257. The number of nitrogens with zero attached hydrogens (tertiary/aromatic N) is 1. The first-order valence-electron chi connectivity index (χ1n) is 6.97. The van der Waals surface area contributed by atoms with E-state index in [9.17, 15) is 4.79 Å². The van der Waals surface area contributed by atoms with Crippen molar-refractivity contribution in [1.82, 2.24) is 4.90 Å². The van der Waals surface area contributed by atoms with Crippen LogP contribution in [0, 0.1) is 5.41 Å². The molecule has 0 amide bonds. The molecule has 2 aliphatic rings. The van der Waals surface area contributed by atoms with Crippen molar-refractivity contribution in [1.29, 1.82) is 0 Å². The molecule has 1 heterocycles. The Morgan fingerprint density at radius 3 is 2.62 bits per heavy atom. The van der Waals surface area contributed by atoms with E-state index in [0.29, 0.717) is 11.2 Å². The maximum absolute atomic E-state index is 11.9. The summed E-state index contributed by atoms with van der Waals surface area (Å²) in [6.07, 6.45) is 8.13. The molecule has 0 spiro atoms. The van der Waals surface area contributed by atoms with Gasteiger partial charge >= 0.3 is 0 Å². The number of hydrogen-bond donors (Lipinski definition) is 0. The van der Waals surface area contributed by atoms with Crippen molar-refractivity contribution in [3.8, 4) is 0 Å². The number of Topliss-reactive ketones (excluding diaryl/α,β-unsaturated/α-hetero) is 1. The molecule has 1 atom stereocenters. The molecule has 2 rings (SSSR count). The van der Waals surface area contributed by atoms with Crippen LogP contribution in [0.1, 0.15) is 58.8 Å². The van der Waals surface area contributed by atoms with Crippen molar-refractivity contribution in [2.24, 2.45) is 5.41 Å². The molecule has 0 aromatic carbocycles. The van der Waals surface area contributed by atoms with E-state index in [4.69, 9.17) is 0 Å². The van der Waals surface area contributed by atoms with Gasteiger partial charge in [-0.2, -0.15) is 0 Å². The zero-order valence-electron chi connectivity index (χ0n) is 10.8. The first-order chi connectivity index (χ1) is 7.71. The van der Waals surface area contributed by atoms with Gasteiger partial charge in [0.05, 0.1) is 6.04 Å². The van der Waals surface area contributed by atoms with Crippen molar-refractivity contribution in [2.75, 3.05) is 13.1 Å². The Hall–Kier alpha value is -0.370. The highest BCUT2D eigenvalue weighted by molar-refractivity contribution is 5.84. The molecule has 92 valence electrons. The molecule has 16 heavy (non-hydrogen) atoms. The van der Waals surface area contributed by atoms with E-state index < -0.39 is 0 Å². The Balaban J connectivity index is 1.99. The van der Waals surface area contributed by atoms with Crippen LogP contribution in [0.4, 0.5) is 0 Å². The van der Waals surface area contributed by atoms with E-state index in [0.717, 1.165) is 32.4 Å². The third kappa shape index (κ3) is 2.17. The van der Waals surface area contributed by atoms with Gasteiger partial charge in [-0.3, -0.25) is 9.69 Å². The molecule has 0 aromatic heterocycles. The lowest BCUT2D eigenvalue weighted by Gasteiger charge is -2.32. The Morgan fingerprint density at radius 2 is 2.06 bits per heavy atom. The minimum absolute atomic E-state index is 0.272. The quantitative estimate of drug-likeness (QED) is 0.733. The average Bonchev–Trinajstić information content (AvgIpc) is 2.75. The van der Waals surface area contributed by atoms with Gasteiger partial charge in [-0.25, -0.2) is 0 Å². The van der Waals surface area contributed by atoms with Gasteiger partial charge in [0.1, 0.15) is 5.78 Å². The Labute approximate surface area is 99.4 Å². The zero-order chi connectivity index (χ0) is 11.6. The fourth-order valence-corrected chi connectivity index (χ4v) is 3.41. The van der Waals surface area contributed by atoms with Crippen LogP contribution >= 0.6 is 0 Å². The Morgan fingerprint density at radius 1 is 1.31 bits per heavy atom. The summed E-state index contributed by atoms with van der Waals surface area (Å²) >= 11 is 0. The first-order valence-corrected chi connectivity index (χ1v) is 6.97. The van der Waals surface area contributed by atoms with Gasteiger partial charge in [0.2, 0.25) is 0 Å². The predicted octanol–water partition coefficient (Wildman–Crippen LogP) is 3.01. The number of likely N-dealkylation sites (tertiary alicyclic amines) is 1. The third-order valence-corrected chi connectivity index (χ3v) is 4.93. The first kappa shape index (κ1) is 12.1. The van der Waals surface area contributed by atoms with Crippen LogP contribution < -0.4 is 0 Å². The van der Waals surface area contributed by atoms with Gasteiger partial charge in [-0.15, -0.1) is 0 Å². The molecule has 2 nitrogen and oxygen atoms in total. The summed E-state index contributed by atoms with van der Waals surface area (Å²) in [5.41, 5.74) is 0.512. The van der Waals surface area contributed by atoms with E-state index in [-0.39, 0.29) is 6.04 Å². The van der Waals surface area contributed by atoms with E-state index in [1.165, 1.54) is 25.7 Å². The number of ketones is 1. The monoisotopic (exact) mass is 223 g/mol. The van der Waals surface area contributed by atoms with Gasteiger partial charge in [-0.05, 0) is 44.1 Å². The lowest BCUT2D eigenvalue weighted by atomic mass is 9.81. The molecular formula is C14H25NO. The number of carbonyl (C=O) groups excluding carboxylic acids is 1. The molecular weight excluding hydrogens is 198 g/mol. The third-order valence-electron chi connectivity index (χ3n) is 4.93. The van der Waals surface area contributed by atoms with Crippen molar-refractivity contribution in [3.05, 3.63) is 0 Å². The SMILES string of the molecule is CCC1(CC)CCN(C2CCCCC2=O)C1. The summed E-state index contributed by atoms with van der Waals surface area (Å²) in [5.74, 6) is 0.509. The minimum atomic E-state index is 0.272. The lowest BCUT2D eigenvalue weighted by Crippen LogP contribution is -2.42. The highest BCUT2D eigenvalue weighted by Crippen LogP contribution is 2.39. The summed E-state index contributed by atoms with van der Waals surface area (Å²) in [6.45, 7) is 6.92. The second-order valence-corrected chi connectivity index (χ2v) is 5.66. The average molecular weight is 223 g/mol. The fourth-order valence-electron chi connectivity index (χ4n) is 3.41. The zero-order valence-corrected chi connectivity index (χ0v) is 10.8. The second-order valence-electron chi connectivity index (χ2n) is 5.66. The Kier molecular flexibility index (Phi) is 3.68. The number of rotatable bonds is 3. The summed E-state index contributed by atoms with van der Waals surface area (Å²) in [7, 11) is 0. The predicted molar refractivity (Wildman–Crippen MR) is 66.5 cm³/mol. The highest BCUT2D eigenvalue weighted by atomic mass is 16.1. The van der Waals surface area contributed by atoms with E-state index in [2.05, 4.69) is 18.7 Å². The van der Waals surface area contributed by atoms with Crippen LogP contribution in [0.3, 0.4) is 0 Å². The molecule has 0 aromatic rings. The summed E-state index contributed by atoms with van der Waals surface area (Å²) in [4.78, 5) is 14.4. The normalized spacial score (nSPS) is 30.9. The topological polar surface area (TPSA) is 20.3 Å². The van der Waals surface area contributed by atoms with Crippen molar-refractivity contribution in [2.45, 2.75) is 64.8 Å². The van der Waals surface area contributed by atoms with Crippen LogP contribution in [-0.2, 0) is 4.79 Å². The molecule has 0 N–H and O–H groups in total. The number of hydrogen-bond acceptors (Lipinski definition) is 2. The van der Waals surface area contributed by atoms with Crippen LogP contribution in [0.5, 0.6) is 0 Å². The molecule has 2 heteroatoms. The van der Waals surface area contributed by atoms with Gasteiger partial charge in [0.15, 0.2) is 0 Å². The smallest absolute Gasteiger partial charge is 0.149 e. The molecule has 1 saturated carbocycles. The minimum Gasteiger partial charge on any atom is -0.298 e. The van der Waals surface area contributed by atoms with Crippen molar-refractivity contribution < 1.29 is 4.79 Å². The van der Waals surface area contributed by atoms with Crippen molar-refractivity contribution >= 4 is 5.78 Å². The number of carbonyl (C=O) groups is 1. The van der Waals surface area contributed by atoms with E-state index >= 15 is 0 Å². The largest absolute Gasteiger partial charge is 0.298 e. The van der Waals surface area contributed by atoms with Crippen LogP contribution in [-0.4, -0.2) is 29.8 Å². The van der Waals surface area contributed by atoms with Crippen LogP contribution in [0.15, 0.2) is 0 Å². The fraction of sp³-hybridized carbons (Fsp3) is 0.929. The summed E-state index contributed by atoms with van der Waals surface area (Å²) < 4.78 is 0. The van der Waals surface area contributed by atoms with Crippen LogP contribution in [0.2, 0.25) is 0 Å².